The molecule has 1 N–H and O–H groups in total. The summed E-state index contributed by atoms with van der Waals surface area (Å²) < 4.78 is 60.8. The van der Waals surface area contributed by atoms with Crippen LogP contribution in [-0.2, 0) is 20.4 Å². The molecule has 2 heterocycles. The van der Waals surface area contributed by atoms with Crippen LogP contribution in [0.5, 0.6) is 17.4 Å². The molecule has 0 bridgehead atoms. The average Bonchev–Trinajstić information content (AvgIpc) is 3.14. The molecule has 2 aromatic rings. The first kappa shape index (κ1) is 23.8. The minimum atomic E-state index is -4.61. The number of aliphatic carboxylic acids is 1. The average molecular weight is 474 g/mol. The summed E-state index contributed by atoms with van der Waals surface area (Å²) in [5, 5.41) is 8.53. The molecule has 32 heavy (non-hydrogen) atoms. The lowest BCUT2D eigenvalue weighted by Gasteiger charge is -2.22. The molecule has 1 aromatic carbocycles. The van der Waals surface area contributed by atoms with Crippen molar-refractivity contribution < 1.29 is 42.0 Å². The van der Waals surface area contributed by atoms with Gasteiger partial charge in [0.1, 0.15) is 16.5 Å². The van der Waals surface area contributed by atoms with Crippen molar-refractivity contribution in [1.82, 2.24) is 4.98 Å². The Balaban J connectivity index is 1.81. The van der Waals surface area contributed by atoms with E-state index in [0.29, 0.717) is 43.2 Å². The summed E-state index contributed by atoms with van der Waals surface area (Å²) in [7, 11) is 0. The summed E-state index contributed by atoms with van der Waals surface area (Å²) in [6, 6.07) is 5.27. The van der Waals surface area contributed by atoms with Gasteiger partial charge < -0.3 is 24.1 Å². The molecule has 0 spiro atoms. The van der Waals surface area contributed by atoms with Crippen molar-refractivity contribution in [2.24, 2.45) is 0 Å². The zero-order valence-corrected chi connectivity index (χ0v) is 17.6. The molecule has 172 valence electrons. The fourth-order valence-corrected chi connectivity index (χ4v) is 3.01. The van der Waals surface area contributed by atoms with Gasteiger partial charge in [-0.05, 0) is 31.2 Å². The summed E-state index contributed by atoms with van der Waals surface area (Å²) in [4.78, 5) is 14.5. The fraction of sp³-hybridized carbons (Fsp3) is 0.333. The molecule has 1 aliphatic heterocycles. The zero-order valence-electron chi connectivity index (χ0n) is 16.8. The molecule has 7 nitrogen and oxygen atoms in total. The van der Waals surface area contributed by atoms with Crippen LogP contribution < -0.4 is 9.47 Å². The molecule has 11 heteroatoms. The minimum absolute atomic E-state index is 0.0914. The van der Waals surface area contributed by atoms with Gasteiger partial charge in [0.25, 0.3) is 0 Å². The van der Waals surface area contributed by atoms with Crippen LogP contribution in [0.2, 0.25) is 5.02 Å². The molecule has 0 aliphatic carbocycles. The molecule has 0 unspecified atom stereocenters. The van der Waals surface area contributed by atoms with Crippen molar-refractivity contribution in [2.45, 2.75) is 25.3 Å². The minimum Gasteiger partial charge on any atom is -0.493 e. The number of carboxylic acid groups (broad SMARTS) is 1. The molecule has 1 saturated heterocycles. The normalized spacial score (nSPS) is 15.8. The first-order chi connectivity index (χ1) is 15.1. The molecule has 0 atom stereocenters. The Labute approximate surface area is 186 Å². The van der Waals surface area contributed by atoms with Crippen LogP contribution in [0.15, 0.2) is 36.5 Å². The second-order valence-corrected chi connectivity index (χ2v) is 7.32. The van der Waals surface area contributed by atoms with Gasteiger partial charge in [0.05, 0.1) is 25.4 Å². The van der Waals surface area contributed by atoms with E-state index in [1.54, 1.807) is 13.0 Å². The number of carbonyl (C=O) groups is 1. The lowest BCUT2D eigenvalue weighted by molar-refractivity contribution is -0.150. The van der Waals surface area contributed by atoms with Crippen LogP contribution >= 0.6 is 11.6 Å². The Kier molecular flexibility index (Phi) is 7.27. The molecule has 0 saturated carbocycles. The molecule has 1 aromatic heterocycles. The topological polar surface area (TPSA) is 87.1 Å². The van der Waals surface area contributed by atoms with Crippen molar-refractivity contribution in [3.63, 3.8) is 0 Å². The first-order valence-electron chi connectivity index (χ1n) is 9.42. The van der Waals surface area contributed by atoms with Crippen molar-refractivity contribution in [1.29, 1.82) is 0 Å². The van der Waals surface area contributed by atoms with Crippen LogP contribution in [0.3, 0.4) is 0 Å². The maximum absolute atomic E-state index is 12.8. The third-order valence-electron chi connectivity index (χ3n) is 4.45. The van der Waals surface area contributed by atoms with Crippen LogP contribution in [0.25, 0.3) is 6.08 Å². The third kappa shape index (κ3) is 6.35. The van der Waals surface area contributed by atoms with Gasteiger partial charge >= 0.3 is 12.1 Å². The van der Waals surface area contributed by atoms with E-state index in [9.17, 15) is 18.0 Å². The van der Waals surface area contributed by atoms with Gasteiger partial charge in [0.15, 0.2) is 5.79 Å². The summed E-state index contributed by atoms with van der Waals surface area (Å²) in [5.74, 6) is -1.74. The van der Waals surface area contributed by atoms with Crippen LogP contribution in [0, 0.1) is 0 Å². The predicted octanol–water partition coefficient (Wildman–Crippen LogP) is 5.18. The molecule has 0 amide bonds. The van der Waals surface area contributed by atoms with Crippen LogP contribution in [0.4, 0.5) is 13.2 Å². The second kappa shape index (κ2) is 9.76. The maximum atomic E-state index is 12.8. The highest BCUT2D eigenvalue weighted by molar-refractivity contribution is 6.31. The summed E-state index contributed by atoms with van der Waals surface area (Å²) in [6.45, 7) is 3.05. The van der Waals surface area contributed by atoms with Gasteiger partial charge in [0.2, 0.25) is 5.88 Å². The van der Waals surface area contributed by atoms with E-state index in [2.05, 4.69) is 4.98 Å². The number of benzene rings is 1. The highest BCUT2D eigenvalue weighted by atomic mass is 35.5. The number of rotatable bonds is 8. The van der Waals surface area contributed by atoms with E-state index in [0.717, 1.165) is 6.08 Å². The van der Waals surface area contributed by atoms with Gasteiger partial charge in [-0.15, -0.1) is 0 Å². The number of halogens is 4. The summed E-state index contributed by atoms with van der Waals surface area (Å²) in [6.07, 6.45) is -1.41. The zero-order chi connectivity index (χ0) is 23.4. The first-order valence-corrected chi connectivity index (χ1v) is 9.80. The monoisotopic (exact) mass is 473 g/mol. The van der Waals surface area contributed by atoms with E-state index >= 15 is 0 Å². The molecule has 0 radical (unpaired) electrons. The maximum Gasteiger partial charge on any atom is 0.417 e. The van der Waals surface area contributed by atoms with Crippen LogP contribution in [-0.4, -0.2) is 41.7 Å². The largest absolute Gasteiger partial charge is 0.493 e. The number of pyridine rings is 1. The third-order valence-corrected chi connectivity index (χ3v) is 4.73. The second-order valence-electron chi connectivity index (χ2n) is 6.91. The Morgan fingerprint density at radius 3 is 2.66 bits per heavy atom. The summed E-state index contributed by atoms with van der Waals surface area (Å²) >= 11 is 5.92. The molecular formula is C21H19ClF3NO6. The van der Waals surface area contributed by atoms with Gasteiger partial charge in [-0.1, -0.05) is 11.6 Å². The SMILES string of the molecule is CC1(CCOc2ccc(C=CC(=O)O)c(Oc3ncc(C(F)(F)F)cc3Cl)c2)OCCO1. The number of hydrogen-bond donors (Lipinski definition) is 1. The number of hydrogen-bond acceptors (Lipinski definition) is 6. The predicted molar refractivity (Wildman–Crippen MR) is 108 cm³/mol. The standard InChI is InChI=1S/C21H19ClF3NO6/c1-20(30-8-9-31-20)6-7-29-15-4-2-13(3-5-18(27)28)17(11-15)32-19-16(22)10-14(12-26-19)21(23,24)25/h2-5,10-12H,6-9H2,1H3,(H,27,28). The van der Waals surface area contributed by atoms with E-state index < -0.39 is 23.5 Å². The number of ether oxygens (including phenoxy) is 4. The molecule has 1 aliphatic rings. The highest BCUT2D eigenvalue weighted by Crippen LogP contribution is 2.36. The quantitative estimate of drug-likeness (QED) is 0.529. The van der Waals surface area contributed by atoms with E-state index in [1.807, 2.05) is 0 Å². The Morgan fingerprint density at radius 1 is 1.31 bits per heavy atom. The van der Waals surface area contributed by atoms with Crippen molar-refractivity contribution in [2.75, 3.05) is 19.8 Å². The van der Waals surface area contributed by atoms with Gasteiger partial charge in [-0.25, -0.2) is 9.78 Å². The van der Waals surface area contributed by atoms with Crippen molar-refractivity contribution in [3.8, 4) is 17.4 Å². The fourth-order valence-electron chi connectivity index (χ4n) is 2.81. The van der Waals surface area contributed by atoms with E-state index in [-0.39, 0.29) is 23.3 Å². The molecule has 1 fully saturated rings. The van der Waals surface area contributed by atoms with Crippen molar-refractivity contribution in [3.05, 3.63) is 52.7 Å². The number of nitrogens with zero attached hydrogens (tertiary/aromatic N) is 1. The lowest BCUT2D eigenvalue weighted by Crippen LogP contribution is -2.27. The van der Waals surface area contributed by atoms with Gasteiger partial charge in [-0.3, -0.25) is 0 Å². The van der Waals surface area contributed by atoms with E-state index in [1.165, 1.54) is 18.2 Å². The lowest BCUT2D eigenvalue weighted by atomic mass is 10.1. The van der Waals surface area contributed by atoms with Gasteiger partial charge in [0, 0.05) is 30.3 Å². The summed E-state index contributed by atoms with van der Waals surface area (Å²) in [5.41, 5.74) is -0.699. The Bertz CT molecular complexity index is 1010. The number of alkyl halides is 3. The van der Waals surface area contributed by atoms with Gasteiger partial charge in [-0.2, -0.15) is 13.2 Å². The van der Waals surface area contributed by atoms with Crippen molar-refractivity contribution >= 4 is 23.6 Å². The number of aromatic nitrogens is 1. The smallest absolute Gasteiger partial charge is 0.417 e. The highest BCUT2D eigenvalue weighted by Gasteiger charge is 2.32. The number of carboxylic acids is 1. The molecular weight excluding hydrogens is 455 g/mol. The van der Waals surface area contributed by atoms with Crippen LogP contribution in [0.1, 0.15) is 24.5 Å². The molecule has 3 rings (SSSR count). The Hall–Kier alpha value is -2.82. The Morgan fingerprint density at radius 2 is 2.03 bits per heavy atom. The van der Waals surface area contributed by atoms with E-state index in [4.69, 9.17) is 35.7 Å².